The molecule has 2 heterocycles. The lowest BCUT2D eigenvalue weighted by molar-refractivity contribution is -0.127. The molecule has 9 heteroatoms. The summed E-state index contributed by atoms with van der Waals surface area (Å²) < 4.78 is 25.7. The summed E-state index contributed by atoms with van der Waals surface area (Å²) in [6.45, 7) is 1.16. The first kappa shape index (κ1) is 21.2. The lowest BCUT2D eigenvalue weighted by Gasteiger charge is -2.31. The summed E-state index contributed by atoms with van der Waals surface area (Å²) in [5.74, 6) is -0.167. The molecule has 1 fully saturated rings. The number of thiophene rings is 1. The molecular formula is C20H23N3O4S2. The van der Waals surface area contributed by atoms with Gasteiger partial charge in [-0.25, -0.2) is 13.1 Å². The molecule has 29 heavy (non-hydrogen) atoms. The molecule has 154 valence electrons. The minimum atomic E-state index is -3.47. The van der Waals surface area contributed by atoms with Gasteiger partial charge in [-0.2, -0.15) is 11.3 Å². The van der Waals surface area contributed by atoms with Gasteiger partial charge in [-0.1, -0.05) is 12.1 Å². The standard InChI is InChI=1S/C20H23N3O4S2/c1-21-29(26,27)18-5-2-15(3-6-18)4-7-19(24)23-11-8-17(9-12-23)22-20(25)16-10-13-28-14-16/h2-7,10,13-14,17,21H,8-9,11-12H2,1H3,(H,22,25). The first-order valence-corrected chi connectivity index (χ1v) is 11.7. The van der Waals surface area contributed by atoms with Crippen LogP contribution in [0.25, 0.3) is 6.08 Å². The van der Waals surface area contributed by atoms with Crippen molar-refractivity contribution in [2.24, 2.45) is 0 Å². The Morgan fingerprint density at radius 3 is 2.41 bits per heavy atom. The minimum Gasteiger partial charge on any atom is -0.349 e. The van der Waals surface area contributed by atoms with E-state index in [1.54, 1.807) is 29.2 Å². The van der Waals surface area contributed by atoms with Gasteiger partial charge in [0.1, 0.15) is 0 Å². The highest BCUT2D eigenvalue weighted by molar-refractivity contribution is 7.89. The van der Waals surface area contributed by atoms with Crippen molar-refractivity contribution in [2.45, 2.75) is 23.8 Å². The van der Waals surface area contributed by atoms with E-state index in [2.05, 4.69) is 10.0 Å². The molecule has 1 aliphatic heterocycles. The molecule has 0 bridgehead atoms. The maximum Gasteiger partial charge on any atom is 0.252 e. The Bertz CT molecular complexity index is 975. The molecule has 0 aliphatic carbocycles. The summed E-state index contributed by atoms with van der Waals surface area (Å²) >= 11 is 1.49. The van der Waals surface area contributed by atoms with E-state index in [1.807, 2.05) is 10.8 Å². The normalized spacial score (nSPS) is 15.6. The lowest BCUT2D eigenvalue weighted by Crippen LogP contribution is -2.46. The van der Waals surface area contributed by atoms with Gasteiger partial charge in [0.15, 0.2) is 0 Å². The predicted molar refractivity (Wildman–Crippen MR) is 113 cm³/mol. The summed E-state index contributed by atoms with van der Waals surface area (Å²) in [6, 6.07) is 8.16. The maximum atomic E-state index is 12.4. The Kier molecular flexibility index (Phi) is 6.83. The second-order valence-electron chi connectivity index (χ2n) is 6.69. The third kappa shape index (κ3) is 5.53. The number of hydrogen-bond donors (Lipinski definition) is 2. The van der Waals surface area contributed by atoms with Crippen LogP contribution in [0.2, 0.25) is 0 Å². The van der Waals surface area contributed by atoms with E-state index >= 15 is 0 Å². The zero-order valence-electron chi connectivity index (χ0n) is 16.0. The second-order valence-corrected chi connectivity index (χ2v) is 9.36. The van der Waals surface area contributed by atoms with E-state index in [0.29, 0.717) is 31.5 Å². The highest BCUT2D eigenvalue weighted by atomic mass is 32.2. The summed E-state index contributed by atoms with van der Waals surface area (Å²) in [6.07, 6.45) is 4.59. The monoisotopic (exact) mass is 433 g/mol. The summed E-state index contributed by atoms with van der Waals surface area (Å²) in [5.41, 5.74) is 1.41. The molecule has 0 saturated carbocycles. The SMILES string of the molecule is CNS(=O)(=O)c1ccc(C=CC(=O)N2CCC(NC(=O)c3ccsc3)CC2)cc1. The molecule has 2 aromatic rings. The van der Waals surface area contributed by atoms with E-state index in [9.17, 15) is 18.0 Å². The van der Waals surface area contributed by atoms with Crippen LogP contribution in [0, 0.1) is 0 Å². The maximum absolute atomic E-state index is 12.4. The van der Waals surface area contributed by atoms with Gasteiger partial charge in [-0.3, -0.25) is 9.59 Å². The smallest absolute Gasteiger partial charge is 0.252 e. The van der Waals surface area contributed by atoms with Crippen LogP contribution >= 0.6 is 11.3 Å². The fourth-order valence-corrected chi connectivity index (χ4v) is 4.42. The fourth-order valence-electron chi connectivity index (χ4n) is 3.06. The molecule has 2 N–H and O–H groups in total. The van der Waals surface area contributed by atoms with Gasteiger partial charge in [0.2, 0.25) is 15.9 Å². The average molecular weight is 434 g/mol. The van der Waals surface area contributed by atoms with Crippen LogP contribution in [0.4, 0.5) is 0 Å². The summed E-state index contributed by atoms with van der Waals surface area (Å²) in [4.78, 5) is 26.5. The van der Waals surface area contributed by atoms with Crippen LogP contribution in [0.3, 0.4) is 0 Å². The van der Waals surface area contributed by atoms with Crippen molar-refractivity contribution in [3.8, 4) is 0 Å². The summed E-state index contributed by atoms with van der Waals surface area (Å²) in [5, 5.41) is 6.71. The quantitative estimate of drug-likeness (QED) is 0.682. The number of benzene rings is 1. The van der Waals surface area contributed by atoms with Crippen LogP contribution in [0.1, 0.15) is 28.8 Å². The largest absolute Gasteiger partial charge is 0.349 e. The van der Waals surface area contributed by atoms with Gasteiger partial charge >= 0.3 is 0 Å². The minimum absolute atomic E-state index is 0.0668. The molecular weight excluding hydrogens is 410 g/mol. The first-order chi connectivity index (χ1) is 13.9. The van der Waals surface area contributed by atoms with E-state index in [4.69, 9.17) is 0 Å². The van der Waals surface area contributed by atoms with Crippen molar-refractivity contribution in [1.29, 1.82) is 0 Å². The predicted octanol–water partition coefficient (Wildman–Crippen LogP) is 2.09. The molecule has 0 atom stereocenters. The van der Waals surface area contributed by atoms with Gasteiger partial charge < -0.3 is 10.2 Å². The van der Waals surface area contributed by atoms with Gasteiger partial charge in [0.25, 0.3) is 5.91 Å². The number of carbonyl (C=O) groups excluding carboxylic acids is 2. The number of rotatable bonds is 6. The van der Waals surface area contributed by atoms with Crippen LogP contribution in [-0.4, -0.2) is 51.3 Å². The molecule has 0 unspecified atom stereocenters. The highest BCUT2D eigenvalue weighted by Gasteiger charge is 2.23. The molecule has 1 aromatic carbocycles. The van der Waals surface area contributed by atoms with Crippen LogP contribution in [0.5, 0.6) is 0 Å². The zero-order valence-corrected chi connectivity index (χ0v) is 17.6. The van der Waals surface area contributed by atoms with Crippen molar-refractivity contribution in [3.63, 3.8) is 0 Å². The second kappa shape index (κ2) is 9.34. The van der Waals surface area contributed by atoms with Gasteiger partial charge in [0.05, 0.1) is 4.90 Å². The number of nitrogens with zero attached hydrogens (tertiary/aromatic N) is 1. The topological polar surface area (TPSA) is 95.6 Å². The molecule has 7 nitrogen and oxygen atoms in total. The van der Waals surface area contributed by atoms with Crippen molar-refractivity contribution >= 4 is 39.3 Å². The number of sulfonamides is 1. The van der Waals surface area contributed by atoms with Crippen LogP contribution in [-0.2, 0) is 14.8 Å². The Labute approximate surface area is 174 Å². The van der Waals surface area contributed by atoms with Gasteiger partial charge in [-0.05, 0) is 55.1 Å². The van der Waals surface area contributed by atoms with Crippen LogP contribution < -0.4 is 10.0 Å². The molecule has 3 rings (SSSR count). The zero-order chi connectivity index (χ0) is 20.9. The Hall–Kier alpha value is -2.49. The van der Waals surface area contributed by atoms with Crippen molar-refractivity contribution in [2.75, 3.05) is 20.1 Å². The molecule has 2 amide bonds. The number of amides is 2. The molecule has 0 radical (unpaired) electrons. The highest BCUT2D eigenvalue weighted by Crippen LogP contribution is 2.14. The average Bonchev–Trinajstić information content (AvgIpc) is 3.28. The summed E-state index contributed by atoms with van der Waals surface area (Å²) in [7, 11) is -2.11. The van der Waals surface area contributed by atoms with Crippen molar-refractivity contribution < 1.29 is 18.0 Å². The first-order valence-electron chi connectivity index (χ1n) is 9.23. The van der Waals surface area contributed by atoms with E-state index in [0.717, 1.165) is 5.56 Å². The lowest BCUT2D eigenvalue weighted by atomic mass is 10.0. The number of carbonyl (C=O) groups is 2. The number of piperidine rings is 1. The molecule has 1 aliphatic rings. The number of likely N-dealkylation sites (tertiary alicyclic amines) is 1. The van der Waals surface area contributed by atoms with E-state index in [-0.39, 0.29) is 22.8 Å². The third-order valence-corrected chi connectivity index (χ3v) is 6.92. The van der Waals surface area contributed by atoms with Crippen molar-refractivity contribution in [3.05, 3.63) is 58.3 Å². The number of hydrogen-bond acceptors (Lipinski definition) is 5. The van der Waals surface area contributed by atoms with Gasteiger partial charge in [0, 0.05) is 36.2 Å². The van der Waals surface area contributed by atoms with E-state index < -0.39 is 10.0 Å². The van der Waals surface area contributed by atoms with Crippen LogP contribution in [0.15, 0.2) is 52.1 Å². The fraction of sp³-hybridized carbons (Fsp3) is 0.300. The Balaban J connectivity index is 1.50. The molecule has 0 spiro atoms. The van der Waals surface area contributed by atoms with Crippen molar-refractivity contribution in [1.82, 2.24) is 14.9 Å². The van der Waals surface area contributed by atoms with E-state index in [1.165, 1.54) is 36.6 Å². The van der Waals surface area contributed by atoms with Gasteiger partial charge in [-0.15, -0.1) is 0 Å². The molecule has 1 aromatic heterocycles. The molecule has 1 saturated heterocycles. The third-order valence-electron chi connectivity index (χ3n) is 4.80. The Morgan fingerprint density at radius 1 is 1.14 bits per heavy atom. The number of nitrogens with one attached hydrogen (secondary N) is 2. The Morgan fingerprint density at radius 2 is 1.83 bits per heavy atom.